The maximum absolute atomic E-state index is 11.9. The molecule has 0 amide bonds. The average molecular weight is 212 g/mol. The van der Waals surface area contributed by atoms with Crippen molar-refractivity contribution in [3.05, 3.63) is 11.8 Å². The molecule has 4 nitrogen and oxygen atoms in total. The molecule has 14 heavy (non-hydrogen) atoms. The summed E-state index contributed by atoms with van der Waals surface area (Å²) in [6.45, 7) is 0. The molecule has 0 atom stereocenters. The molecule has 0 aliphatic heterocycles. The fraction of sp³-hybridized carbons (Fsp3) is 0.429. The molecular formula is C7H7F3O4. The van der Waals surface area contributed by atoms with Crippen LogP contribution in [-0.2, 0) is 19.1 Å². The zero-order valence-corrected chi connectivity index (χ0v) is 7.34. The van der Waals surface area contributed by atoms with E-state index in [-0.39, 0.29) is 0 Å². The second-order valence-electron chi connectivity index (χ2n) is 2.09. The van der Waals surface area contributed by atoms with E-state index in [0.717, 1.165) is 14.2 Å². The second-order valence-corrected chi connectivity index (χ2v) is 2.09. The van der Waals surface area contributed by atoms with Crippen LogP contribution in [0.4, 0.5) is 13.2 Å². The van der Waals surface area contributed by atoms with E-state index in [1.807, 2.05) is 0 Å². The molecule has 0 spiro atoms. The Labute approximate surface area is 77.3 Å². The summed E-state index contributed by atoms with van der Waals surface area (Å²) in [4.78, 5) is 21.3. The van der Waals surface area contributed by atoms with Gasteiger partial charge in [0.25, 0.3) is 5.78 Å². The molecule has 0 radical (unpaired) electrons. The fourth-order valence-corrected chi connectivity index (χ4v) is 0.575. The molecule has 0 aliphatic rings. The highest BCUT2D eigenvalue weighted by Crippen LogP contribution is 2.21. The molecule has 0 saturated heterocycles. The number of rotatable bonds is 3. The number of Topliss-reactive ketones (excluding diaryl/α,β-unsaturated/α-hetero) is 1. The van der Waals surface area contributed by atoms with Crippen molar-refractivity contribution >= 4 is 11.8 Å². The lowest BCUT2D eigenvalue weighted by atomic mass is 10.2. The van der Waals surface area contributed by atoms with Crippen molar-refractivity contribution in [2.75, 3.05) is 14.2 Å². The standard InChI is InChI=1S/C7H7F3O4/c1-13-3-4(6(12)14-2)5(11)7(8,9)10/h3H,1-2H3. The number of hydrogen-bond donors (Lipinski definition) is 0. The minimum atomic E-state index is -5.13. The summed E-state index contributed by atoms with van der Waals surface area (Å²) >= 11 is 0. The SMILES string of the molecule is COC=C(C(=O)OC)C(=O)C(F)(F)F. The number of ketones is 1. The number of ether oxygens (including phenoxy) is 2. The van der Waals surface area contributed by atoms with Crippen molar-refractivity contribution in [2.24, 2.45) is 0 Å². The van der Waals surface area contributed by atoms with Crippen LogP contribution in [0.5, 0.6) is 0 Å². The van der Waals surface area contributed by atoms with Crippen LogP contribution in [0.25, 0.3) is 0 Å². The van der Waals surface area contributed by atoms with Gasteiger partial charge >= 0.3 is 12.1 Å². The zero-order valence-electron chi connectivity index (χ0n) is 7.34. The number of esters is 1. The van der Waals surface area contributed by atoms with Gasteiger partial charge in [-0.15, -0.1) is 0 Å². The van der Waals surface area contributed by atoms with Gasteiger partial charge in [0, 0.05) is 0 Å². The Bertz CT molecular complexity index is 267. The first kappa shape index (κ1) is 12.5. The monoisotopic (exact) mass is 212 g/mol. The molecule has 0 N–H and O–H groups in total. The van der Waals surface area contributed by atoms with Crippen molar-refractivity contribution in [1.82, 2.24) is 0 Å². The lowest BCUT2D eigenvalue weighted by Crippen LogP contribution is -2.29. The van der Waals surface area contributed by atoms with E-state index in [4.69, 9.17) is 0 Å². The van der Waals surface area contributed by atoms with Crippen LogP contribution >= 0.6 is 0 Å². The smallest absolute Gasteiger partial charge is 0.455 e. The molecule has 0 bridgehead atoms. The molecule has 0 aromatic rings. The highest BCUT2D eigenvalue weighted by molar-refractivity contribution is 6.19. The number of hydrogen-bond acceptors (Lipinski definition) is 4. The maximum atomic E-state index is 11.9. The Morgan fingerprint density at radius 1 is 1.21 bits per heavy atom. The summed E-state index contributed by atoms with van der Waals surface area (Å²) in [5.41, 5.74) is -1.19. The Morgan fingerprint density at radius 3 is 2.00 bits per heavy atom. The van der Waals surface area contributed by atoms with Crippen LogP contribution in [0.3, 0.4) is 0 Å². The maximum Gasteiger partial charge on any atom is 0.455 e. The summed E-state index contributed by atoms with van der Waals surface area (Å²) in [5, 5.41) is 0. The third-order valence-electron chi connectivity index (χ3n) is 1.14. The molecular weight excluding hydrogens is 205 g/mol. The van der Waals surface area contributed by atoms with E-state index in [1.54, 1.807) is 0 Å². The van der Waals surface area contributed by atoms with Gasteiger partial charge < -0.3 is 9.47 Å². The Hall–Kier alpha value is -1.53. The number of halogens is 3. The van der Waals surface area contributed by atoms with Gasteiger partial charge in [-0.2, -0.15) is 13.2 Å². The number of carbonyl (C=O) groups is 2. The first-order chi connectivity index (χ1) is 6.34. The van der Waals surface area contributed by atoms with E-state index in [0.29, 0.717) is 6.26 Å². The number of alkyl halides is 3. The molecule has 0 aromatic heterocycles. The molecule has 0 unspecified atom stereocenters. The van der Waals surface area contributed by atoms with Gasteiger partial charge in [-0.05, 0) is 0 Å². The summed E-state index contributed by atoms with van der Waals surface area (Å²) in [7, 11) is 1.86. The van der Waals surface area contributed by atoms with Crippen LogP contribution < -0.4 is 0 Å². The largest absolute Gasteiger partial charge is 0.503 e. The normalized spacial score (nSPS) is 12.2. The highest BCUT2D eigenvalue weighted by Gasteiger charge is 2.43. The lowest BCUT2D eigenvalue weighted by Gasteiger charge is -2.06. The van der Waals surface area contributed by atoms with Crippen molar-refractivity contribution in [3.8, 4) is 0 Å². The van der Waals surface area contributed by atoms with Gasteiger partial charge in [0.2, 0.25) is 0 Å². The highest BCUT2D eigenvalue weighted by atomic mass is 19.4. The second kappa shape index (κ2) is 4.64. The predicted octanol–water partition coefficient (Wildman–Crippen LogP) is 0.821. The molecule has 7 heteroatoms. The minimum Gasteiger partial charge on any atom is -0.503 e. The van der Waals surface area contributed by atoms with Crippen LogP contribution in [-0.4, -0.2) is 32.1 Å². The van der Waals surface area contributed by atoms with E-state index in [2.05, 4.69) is 9.47 Å². The topological polar surface area (TPSA) is 52.6 Å². The Morgan fingerprint density at radius 2 is 1.71 bits per heavy atom. The molecule has 0 fully saturated rings. The van der Waals surface area contributed by atoms with E-state index < -0.39 is 23.5 Å². The van der Waals surface area contributed by atoms with Gasteiger partial charge in [-0.25, -0.2) is 4.79 Å². The molecule has 0 rings (SSSR count). The van der Waals surface area contributed by atoms with Gasteiger partial charge in [0.05, 0.1) is 14.2 Å². The van der Waals surface area contributed by atoms with E-state index >= 15 is 0 Å². The van der Waals surface area contributed by atoms with Gasteiger partial charge in [0.15, 0.2) is 0 Å². The van der Waals surface area contributed by atoms with Crippen LogP contribution in [0, 0.1) is 0 Å². The average Bonchev–Trinajstić information content (AvgIpc) is 2.10. The van der Waals surface area contributed by atoms with E-state index in [9.17, 15) is 22.8 Å². The van der Waals surface area contributed by atoms with Gasteiger partial charge in [0.1, 0.15) is 11.8 Å². The van der Waals surface area contributed by atoms with Gasteiger partial charge in [-0.1, -0.05) is 0 Å². The van der Waals surface area contributed by atoms with Crippen molar-refractivity contribution in [1.29, 1.82) is 0 Å². The van der Waals surface area contributed by atoms with Crippen LogP contribution in [0.2, 0.25) is 0 Å². The predicted molar refractivity (Wildman–Crippen MR) is 38.2 cm³/mol. The summed E-state index contributed by atoms with van der Waals surface area (Å²) in [6.07, 6.45) is -4.74. The summed E-state index contributed by atoms with van der Waals surface area (Å²) in [5.74, 6) is -3.69. The Balaban J connectivity index is 4.96. The third kappa shape index (κ3) is 3.08. The lowest BCUT2D eigenvalue weighted by molar-refractivity contribution is -0.168. The zero-order chi connectivity index (χ0) is 11.4. The fourth-order valence-electron chi connectivity index (χ4n) is 0.575. The van der Waals surface area contributed by atoms with Crippen molar-refractivity contribution in [2.45, 2.75) is 6.18 Å². The molecule has 80 valence electrons. The molecule has 0 aliphatic carbocycles. The van der Waals surface area contributed by atoms with Crippen LogP contribution in [0.1, 0.15) is 0 Å². The van der Waals surface area contributed by atoms with Crippen molar-refractivity contribution < 1.29 is 32.2 Å². The van der Waals surface area contributed by atoms with E-state index in [1.165, 1.54) is 0 Å². The third-order valence-corrected chi connectivity index (χ3v) is 1.14. The first-order valence-corrected chi connectivity index (χ1v) is 3.27. The quantitative estimate of drug-likeness (QED) is 0.228. The van der Waals surface area contributed by atoms with Crippen molar-refractivity contribution in [3.63, 3.8) is 0 Å². The molecule has 0 aromatic carbocycles. The Kier molecular flexibility index (Phi) is 4.13. The molecule has 0 heterocycles. The van der Waals surface area contributed by atoms with Gasteiger partial charge in [-0.3, -0.25) is 4.79 Å². The number of carbonyl (C=O) groups excluding carboxylic acids is 2. The molecule has 0 saturated carbocycles. The number of methoxy groups -OCH3 is 2. The first-order valence-electron chi connectivity index (χ1n) is 3.27. The summed E-state index contributed by atoms with van der Waals surface area (Å²) in [6, 6.07) is 0. The minimum absolute atomic E-state index is 0.391. The summed E-state index contributed by atoms with van der Waals surface area (Å²) < 4.78 is 43.7. The van der Waals surface area contributed by atoms with Crippen LogP contribution in [0.15, 0.2) is 11.8 Å².